The summed E-state index contributed by atoms with van der Waals surface area (Å²) in [6.45, 7) is 2.32. The first kappa shape index (κ1) is 21.6. The monoisotopic (exact) mass is 485 g/mol. The number of nitrogens with one attached hydrogen (secondary N) is 2. The number of nitrogens with zero attached hydrogens (tertiary/aromatic N) is 1. The molecule has 0 aliphatic carbocycles. The number of hydrogen-bond donors (Lipinski definition) is 2. The maximum atomic E-state index is 14.0. The number of aromatic amines is 1. The van der Waals surface area contributed by atoms with Crippen LogP contribution in [0.4, 0.5) is 0 Å². The molecular weight excluding hydrogens is 458 g/mol. The number of piperidine rings is 1. The van der Waals surface area contributed by atoms with E-state index in [0.717, 1.165) is 16.5 Å². The van der Waals surface area contributed by atoms with Gasteiger partial charge in [-0.15, -0.1) is 0 Å². The van der Waals surface area contributed by atoms with Gasteiger partial charge in [-0.2, -0.15) is 0 Å². The van der Waals surface area contributed by atoms with Gasteiger partial charge >= 0.3 is 0 Å². The molecule has 2 bridgehead atoms. The number of rotatable bonds is 5. The molecule has 4 aliphatic heterocycles. The summed E-state index contributed by atoms with van der Waals surface area (Å²) in [5.41, 5.74) is 1.23. The van der Waals surface area contributed by atoms with Crippen LogP contribution in [0.1, 0.15) is 30.7 Å². The molecule has 3 saturated heterocycles. The average molecular weight is 486 g/mol. The van der Waals surface area contributed by atoms with Crippen LogP contribution in [0.3, 0.4) is 0 Å². The average Bonchev–Trinajstić information content (AvgIpc) is 3.69. The third-order valence-corrected chi connectivity index (χ3v) is 8.62. The first-order valence-electron chi connectivity index (χ1n) is 12.6. The van der Waals surface area contributed by atoms with E-state index in [9.17, 15) is 14.4 Å². The van der Waals surface area contributed by atoms with E-state index in [1.165, 1.54) is 0 Å². The summed E-state index contributed by atoms with van der Waals surface area (Å²) in [6, 6.07) is 10.7. The number of aromatic nitrogens is 1. The Bertz CT molecular complexity index is 1410. The van der Waals surface area contributed by atoms with Crippen molar-refractivity contribution in [3.05, 3.63) is 72.3 Å². The highest BCUT2D eigenvalue weighted by Crippen LogP contribution is 2.59. The van der Waals surface area contributed by atoms with E-state index in [2.05, 4.69) is 16.4 Å². The Morgan fingerprint density at radius 2 is 2.08 bits per heavy atom. The quantitative estimate of drug-likeness (QED) is 0.541. The standard InChI is InChI=1S/C28H27N3O5/c1-15-20(32)13-19(21-7-4-12-35-21)31-25(15)28-10-8-22(36-28)23(24(28)27(31)34)26(33)29-11-9-16-14-30-18-6-3-2-5-17(16)18/h2-8,10,12,14-15,19,22-25,30H,9,11,13H2,1H3,(H,29,33)/t15-,19-,22-,23-,24+,25-,28+/m1/s1. The van der Waals surface area contributed by atoms with E-state index in [4.69, 9.17) is 9.15 Å². The number of carbonyl (C=O) groups excluding carboxylic acids is 3. The summed E-state index contributed by atoms with van der Waals surface area (Å²) in [5.74, 6) is -1.33. The molecule has 4 aliphatic rings. The van der Waals surface area contributed by atoms with Crippen LogP contribution < -0.4 is 5.32 Å². The van der Waals surface area contributed by atoms with Crippen LogP contribution in [0, 0.1) is 17.8 Å². The fraction of sp³-hybridized carbons (Fsp3) is 0.393. The number of Topliss-reactive ketones (excluding diaryl/α,β-unsaturated/α-hetero) is 1. The van der Waals surface area contributed by atoms with Crippen LogP contribution in [0.15, 0.2) is 65.4 Å². The number of ketones is 1. The van der Waals surface area contributed by atoms with Gasteiger partial charge in [0.15, 0.2) is 0 Å². The van der Waals surface area contributed by atoms with Crippen LogP contribution in [0.25, 0.3) is 10.9 Å². The lowest BCUT2D eigenvalue weighted by atomic mass is 9.70. The minimum Gasteiger partial charge on any atom is -0.467 e. The van der Waals surface area contributed by atoms with Crippen LogP contribution in [-0.4, -0.2) is 51.8 Å². The summed E-state index contributed by atoms with van der Waals surface area (Å²) in [4.78, 5) is 45.5. The maximum Gasteiger partial charge on any atom is 0.230 e. The number of amides is 2. The SMILES string of the molecule is C[C@@H]1C(=O)C[C@H](c2ccco2)N2C(=O)[C@@H]3[C@H](C(=O)NCCc4c[nH]c5ccccc45)[C@H]4C=C[C@@]3(O4)[C@@H]12. The number of hydrogen-bond acceptors (Lipinski definition) is 5. The third kappa shape index (κ3) is 2.82. The lowest BCUT2D eigenvalue weighted by Gasteiger charge is -2.43. The van der Waals surface area contributed by atoms with E-state index in [0.29, 0.717) is 18.7 Å². The predicted molar refractivity (Wildman–Crippen MR) is 130 cm³/mol. The van der Waals surface area contributed by atoms with Gasteiger partial charge in [0.1, 0.15) is 17.1 Å². The Morgan fingerprint density at radius 3 is 2.92 bits per heavy atom. The van der Waals surface area contributed by atoms with Gasteiger partial charge < -0.3 is 24.4 Å². The predicted octanol–water partition coefficient (Wildman–Crippen LogP) is 2.92. The van der Waals surface area contributed by atoms with Crippen molar-refractivity contribution in [1.29, 1.82) is 0 Å². The molecule has 1 spiro atoms. The number of ether oxygens (including phenoxy) is 1. The van der Waals surface area contributed by atoms with Gasteiger partial charge in [-0.3, -0.25) is 14.4 Å². The largest absolute Gasteiger partial charge is 0.467 e. The van der Waals surface area contributed by atoms with Gasteiger partial charge in [-0.05, 0) is 30.2 Å². The van der Waals surface area contributed by atoms with Gasteiger partial charge in [0.2, 0.25) is 11.8 Å². The Morgan fingerprint density at radius 1 is 1.22 bits per heavy atom. The molecule has 0 saturated carbocycles. The molecule has 3 aromatic rings. The van der Waals surface area contributed by atoms with Crippen molar-refractivity contribution in [1.82, 2.24) is 15.2 Å². The minimum absolute atomic E-state index is 0.0764. The summed E-state index contributed by atoms with van der Waals surface area (Å²) in [7, 11) is 0. The highest BCUT2D eigenvalue weighted by molar-refractivity contribution is 5.96. The van der Waals surface area contributed by atoms with Crippen LogP contribution in [0.2, 0.25) is 0 Å². The number of para-hydroxylation sites is 1. The first-order chi connectivity index (χ1) is 17.5. The Balaban J connectivity index is 1.15. The molecule has 0 unspecified atom stereocenters. The smallest absolute Gasteiger partial charge is 0.230 e. The van der Waals surface area contributed by atoms with Gasteiger partial charge in [0.05, 0.1) is 36.3 Å². The van der Waals surface area contributed by atoms with Crippen molar-refractivity contribution in [2.45, 2.75) is 43.6 Å². The second-order valence-electron chi connectivity index (χ2n) is 10.4. The number of furan rings is 1. The molecule has 1 aromatic carbocycles. The zero-order valence-electron chi connectivity index (χ0n) is 19.8. The molecule has 184 valence electrons. The Kier molecular flexibility index (Phi) is 4.61. The van der Waals surface area contributed by atoms with Gasteiger partial charge in [0.25, 0.3) is 0 Å². The van der Waals surface area contributed by atoms with E-state index < -0.39 is 41.5 Å². The molecular formula is C28H27N3O5. The van der Waals surface area contributed by atoms with Crippen molar-refractivity contribution in [3.8, 4) is 0 Å². The molecule has 2 amide bonds. The lowest BCUT2D eigenvalue weighted by Crippen LogP contribution is -2.55. The second-order valence-corrected chi connectivity index (χ2v) is 10.4. The third-order valence-electron chi connectivity index (χ3n) is 8.62. The second kappa shape index (κ2) is 7.67. The topological polar surface area (TPSA) is 105 Å². The zero-order valence-corrected chi connectivity index (χ0v) is 19.8. The number of benzene rings is 1. The molecule has 2 aromatic heterocycles. The number of fused-ring (bicyclic) bond motifs is 3. The van der Waals surface area contributed by atoms with Crippen LogP contribution >= 0.6 is 0 Å². The van der Waals surface area contributed by atoms with E-state index in [-0.39, 0.29) is 24.0 Å². The zero-order chi connectivity index (χ0) is 24.6. The minimum atomic E-state index is -0.971. The molecule has 36 heavy (non-hydrogen) atoms. The maximum absolute atomic E-state index is 14.0. The van der Waals surface area contributed by atoms with Gasteiger partial charge in [-0.1, -0.05) is 37.3 Å². The van der Waals surface area contributed by atoms with Gasteiger partial charge in [0, 0.05) is 36.0 Å². The molecule has 6 heterocycles. The molecule has 2 N–H and O–H groups in total. The van der Waals surface area contributed by atoms with Crippen molar-refractivity contribution in [2.75, 3.05) is 6.54 Å². The molecule has 7 atom stereocenters. The Labute approximate surface area is 207 Å². The molecule has 0 radical (unpaired) electrons. The summed E-state index contributed by atoms with van der Waals surface area (Å²) >= 11 is 0. The fourth-order valence-electron chi connectivity index (χ4n) is 7.04. The lowest BCUT2D eigenvalue weighted by molar-refractivity contribution is -0.148. The molecule has 8 heteroatoms. The Hall–Kier alpha value is -3.65. The molecule has 8 nitrogen and oxygen atoms in total. The fourth-order valence-corrected chi connectivity index (χ4v) is 7.04. The molecule has 7 rings (SSSR count). The number of H-pyrrole nitrogens is 1. The van der Waals surface area contributed by atoms with E-state index in [1.54, 1.807) is 23.3 Å². The molecule has 3 fully saturated rings. The summed E-state index contributed by atoms with van der Waals surface area (Å²) in [6.07, 6.45) is 7.75. The van der Waals surface area contributed by atoms with Gasteiger partial charge in [-0.25, -0.2) is 0 Å². The van der Waals surface area contributed by atoms with E-state index in [1.807, 2.05) is 43.5 Å². The van der Waals surface area contributed by atoms with Crippen molar-refractivity contribution in [2.24, 2.45) is 17.8 Å². The van der Waals surface area contributed by atoms with Crippen molar-refractivity contribution >= 4 is 28.5 Å². The van der Waals surface area contributed by atoms with Crippen molar-refractivity contribution in [3.63, 3.8) is 0 Å². The number of carbonyl (C=O) groups is 3. The van der Waals surface area contributed by atoms with E-state index >= 15 is 0 Å². The summed E-state index contributed by atoms with van der Waals surface area (Å²) < 4.78 is 12.0. The van der Waals surface area contributed by atoms with Crippen molar-refractivity contribution < 1.29 is 23.5 Å². The first-order valence-corrected chi connectivity index (χ1v) is 12.6. The highest BCUT2D eigenvalue weighted by Gasteiger charge is 2.74. The normalized spacial score (nSPS) is 34.4. The summed E-state index contributed by atoms with van der Waals surface area (Å²) in [5, 5.41) is 4.20. The highest BCUT2D eigenvalue weighted by atomic mass is 16.5. The van der Waals surface area contributed by atoms with Crippen LogP contribution in [0.5, 0.6) is 0 Å². The van der Waals surface area contributed by atoms with Crippen LogP contribution in [-0.2, 0) is 25.5 Å².